The number of esters is 1. The Morgan fingerprint density at radius 3 is 2.50 bits per heavy atom. The average molecular weight is 322 g/mol. The molecule has 0 aliphatic rings. The summed E-state index contributed by atoms with van der Waals surface area (Å²) in [6.45, 7) is 1.42. The minimum absolute atomic E-state index is 0.163. The van der Waals surface area contributed by atoms with Gasteiger partial charge in [0.2, 0.25) is 5.91 Å². The van der Waals surface area contributed by atoms with Crippen LogP contribution in [0.2, 0.25) is 0 Å². The Balaban J connectivity index is 1.67. The van der Waals surface area contributed by atoms with Crippen molar-refractivity contribution in [1.29, 1.82) is 0 Å². The summed E-state index contributed by atoms with van der Waals surface area (Å²) < 4.78 is 7.01. The van der Waals surface area contributed by atoms with Gasteiger partial charge in [0.15, 0.2) is 0 Å². The van der Waals surface area contributed by atoms with E-state index in [2.05, 4.69) is 15.3 Å². The first-order valence-electron chi connectivity index (χ1n) is 7.16. The van der Waals surface area contributed by atoms with Gasteiger partial charge in [0.25, 0.3) is 0 Å². The summed E-state index contributed by atoms with van der Waals surface area (Å²) in [7, 11) is 0. The molecule has 0 aliphatic carbocycles. The second-order valence-corrected chi connectivity index (χ2v) is 4.97. The van der Waals surface area contributed by atoms with Crippen LogP contribution in [0.3, 0.4) is 0 Å². The van der Waals surface area contributed by atoms with Crippen LogP contribution in [0.5, 0.6) is 5.75 Å². The standard InChI is InChI=1S/C17H14N4O3/c1-12(22)20-14-3-5-15(6-4-14)24-17(23)13-2-7-16(19-10-13)21-9-8-18-11-21/h2-11H,1H3,(H,20,22). The number of nitrogens with one attached hydrogen (secondary N) is 1. The molecule has 0 saturated carbocycles. The van der Waals surface area contributed by atoms with Crippen molar-refractivity contribution in [3.05, 3.63) is 66.9 Å². The Bertz CT molecular complexity index is 841. The number of aromatic nitrogens is 3. The largest absolute Gasteiger partial charge is 0.423 e. The van der Waals surface area contributed by atoms with E-state index in [1.165, 1.54) is 13.1 Å². The maximum absolute atomic E-state index is 12.1. The minimum Gasteiger partial charge on any atom is -0.423 e. The molecule has 0 saturated heterocycles. The molecule has 1 N–H and O–H groups in total. The second kappa shape index (κ2) is 6.74. The Labute approximate surface area is 137 Å². The maximum atomic E-state index is 12.1. The van der Waals surface area contributed by atoms with Crippen LogP contribution in [0.1, 0.15) is 17.3 Å². The average Bonchev–Trinajstić information content (AvgIpc) is 3.11. The fraction of sp³-hybridized carbons (Fsp3) is 0.0588. The molecule has 3 aromatic rings. The number of rotatable bonds is 4. The molecule has 24 heavy (non-hydrogen) atoms. The molecular weight excluding hydrogens is 308 g/mol. The molecule has 0 bridgehead atoms. The van der Waals surface area contributed by atoms with Crippen molar-refractivity contribution in [2.24, 2.45) is 0 Å². The number of pyridine rings is 1. The minimum atomic E-state index is -0.507. The van der Waals surface area contributed by atoms with Gasteiger partial charge in [-0.3, -0.25) is 9.36 Å². The molecular formula is C17H14N4O3. The molecule has 0 spiro atoms. The first-order valence-corrected chi connectivity index (χ1v) is 7.16. The summed E-state index contributed by atoms with van der Waals surface area (Å²) in [6.07, 6.45) is 6.48. The van der Waals surface area contributed by atoms with Crippen molar-refractivity contribution < 1.29 is 14.3 Å². The number of hydrogen-bond acceptors (Lipinski definition) is 5. The van der Waals surface area contributed by atoms with Crippen LogP contribution in [0.25, 0.3) is 5.82 Å². The number of anilines is 1. The van der Waals surface area contributed by atoms with Crippen molar-refractivity contribution in [3.63, 3.8) is 0 Å². The van der Waals surface area contributed by atoms with Crippen LogP contribution >= 0.6 is 0 Å². The maximum Gasteiger partial charge on any atom is 0.345 e. The van der Waals surface area contributed by atoms with Crippen molar-refractivity contribution >= 4 is 17.6 Å². The Hall–Kier alpha value is -3.48. The number of amides is 1. The lowest BCUT2D eigenvalue weighted by Gasteiger charge is -2.07. The third-order valence-corrected chi connectivity index (χ3v) is 3.14. The molecule has 2 aromatic heterocycles. The molecule has 0 radical (unpaired) electrons. The highest BCUT2D eigenvalue weighted by atomic mass is 16.5. The zero-order chi connectivity index (χ0) is 16.9. The zero-order valence-corrected chi connectivity index (χ0v) is 12.8. The summed E-state index contributed by atoms with van der Waals surface area (Å²) in [5.41, 5.74) is 0.971. The van der Waals surface area contributed by atoms with Gasteiger partial charge >= 0.3 is 5.97 Å². The smallest absolute Gasteiger partial charge is 0.345 e. The van der Waals surface area contributed by atoms with Crippen molar-refractivity contribution in [2.45, 2.75) is 6.92 Å². The van der Waals surface area contributed by atoms with Crippen molar-refractivity contribution in [1.82, 2.24) is 14.5 Å². The fourth-order valence-corrected chi connectivity index (χ4v) is 2.03. The lowest BCUT2D eigenvalue weighted by molar-refractivity contribution is -0.114. The van der Waals surface area contributed by atoms with Gasteiger partial charge in [0.1, 0.15) is 17.9 Å². The number of hydrogen-bond donors (Lipinski definition) is 1. The first-order chi connectivity index (χ1) is 11.6. The van der Waals surface area contributed by atoms with Crippen LogP contribution in [-0.4, -0.2) is 26.4 Å². The molecule has 1 aromatic carbocycles. The molecule has 0 unspecified atom stereocenters. The van der Waals surface area contributed by atoms with Gasteiger partial charge in [-0.25, -0.2) is 14.8 Å². The van der Waals surface area contributed by atoms with E-state index in [0.717, 1.165) is 0 Å². The summed E-state index contributed by atoms with van der Waals surface area (Å²) in [4.78, 5) is 31.2. The molecule has 1 amide bonds. The quantitative estimate of drug-likeness (QED) is 0.589. The lowest BCUT2D eigenvalue weighted by Crippen LogP contribution is -2.10. The third-order valence-electron chi connectivity index (χ3n) is 3.14. The van der Waals surface area contributed by atoms with Crippen LogP contribution in [-0.2, 0) is 4.79 Å². The Morgan fingerprint density at radius 2 is 1.92 bits per heavy atom. The third kappa shape index (κ3) is 3.64. The van der Waals surface area contributed by atoms with Gasteiger partial charge in [0, 0.05) is 31.2 Å². The van der Waals surface area contributed by atoms with Crippen LogP contribution in [0, 0.1) is 0 Å². The normalized spacial score (nSPS) is 10.2. The number of nitrogens with zero attached hydrogens (tertiary/aromatic N) is 3. The van der Waals surface area contributed by atoms with E-state index >= 15 is 0 Å². The number of carbonyl (C=O) groups excluding carboxylic acids is 2. The Kier molecular flexibility index (Phi) is 4.33. The predicted molar refractivity (Wildman–Crippen MR) is 87.1 cm³/mol. The van der Waals surface area contributed by atoms with E-state index < -0.39 is 5.97 Å². The molecule has 120 valence electrons. The van der Waals surface area contributed by atoms with Crippen LogP contribution in [0.4, 0.5) is 5.69 Å². The van der Waals surface area contributed by atoms with Crippen LogP contribution in [0.15, 0.2) is 61.3 Å². The molecule has 0 aliphatic heterocycles. The van der Waals surface area contributed by atoms with Gasteiger partial charge < -0.3 is 10.1 Å². The number of carbonyl (C=O) groups is 2. The highest BCUT2D eigenvalue weighted by Crippen LogP contribution is 2.17. The molecule has 2 heterocycles. The molecule has 0 atom stereocenters. The van der Waals surface area contributed by atoms with Gasteiger partial charge in [-0.15, -0.1) is 0 Å². The molecule has 3 rings (SSSR count). The molecule has 0 fully saturated rings. The van der Waals surface area contributed by atoms with E-state index in [-0.39, 0.29) is 5.91 Å². The zero-order valence-electron chi connectivity index (χ0n) is 12.8. The lowest BCUT2D eigenvalue weighted by atomic mass is 10.2. The van der Waals surface area contributed by atoms with Crippen molar-refractivity contribution in [3.8, 4) is 11.6 Å². The monoisotopic (exact) mass is 322 g/mol. The second-order valence-electron chi connectivity index (χ2n) is 4.97. The van der Waals surface area contributed by atoms with Gasteiger partial charge in [-0.05, 0) is 36.4 Å². The highest BCUT2D eigenvalue weighted by Gasteiger charge is 2.10. The molecule has 7 nitrogen and oxygen atoms in total. The van der Waals surface area contributed by atoms with E-state index in [1.54, 1.807) is 59.7 Å². The first kappa shape index (κ1) is 15.4. The summed E-state index contributed by atoms with van der Waals surface area (Å²) >= 11 is 0. The predicted octanol–water partition coefficient (Wildman–Crippen LogP) is 2.44. The van der Waals surface area contributed by atoms with Crippen molar-refractivity contribution in [2.75, 3.05) is 5.32 Å². The van der Waals surface area contributed by atoms with E-state index in [0.29, 0.717) is 22.8 Å². The van der Waals surface area contributed by atoms with Gasteiger partial charge in [-0.2, -0.15) is 0 Å². The summed E-state index contributed by atoms with van der Waals surface area (Å²) in [5, 5.41) is 2.64. The van der Waals surface area contributed by atoms with Gasteiger partial charge in [0.05, 0.1) is 5.56 Å². The van der Waals surface area contributed by atoms with E-state index in [4.69, 9.17) is 4.74 Å². The molecule has 7 heteroatoms. The van der Waals surface area contributed by atoms with Crippen LogP contribution < -0.4 is 10.1 Å². The number of benzene rings is 1. The van der Waals surface area contributed by atoms with Gasteiger partial charge in [-0.1, -0.05) is 0 Å². The highest BCUT2D eigenvalue weighted by molar-refractivity contribution is 5.91. The Morgan fingerprint density at radius 1 is 1.12 bits per heavy atom. The van der Waals surface area contributed by atoms with E-state index in [9.17, 15) is 9.59 Å². The number of imidazole rings is 1. The van der Waals surface area contributed by atoms with E-state index in [1.807, 2.05) is 0 Å². The topological polar surface area (TPSA) is 86.1 Å². The fourth-order valence-electron chi connectivity index (χ4n) is 2.03. The summed E-state index contributed by atoms with van der Waals surface area (Å²) in [6, 6.07) is 9.87. The SMILES string of the molecule is CC(=O)Nc1ccc(OC(=O)c2ccc(-n3ccnc3)nc2)cc1. The summed E-state index contributed by atoms with van der Waals surface area (Å²) in [5.74, 6) is 0.368. The number of ether oxygens (including phenoxy) is 1.